The minimum Gasteiger partial charge on any atom is -0.379 e. The average Bonchev–Trinajstić information content (AvgIpc) is 3.15. The molecule has 0 bridgehead atoms. The van der Waals surface area contributed by atoms with Crippen LogP contribution in [0, 0.1) is 6.92 Å². The van der Waals surface area contributed by atoms with Gasteiger partial charge in [0.05, 0.1) is 32.5 Å². The Hall–Kier alpha value is -0.160. The Bertz CT molecular complexity index is 189. The van der Waals surface area contributed by atoms with Crippen LogP contribution in [0.3, 0.4) is 0 Å². The van der Waals surface area contributed by atoms with Crippen LogP contribution in [0.4, 0.5) is 0 Å². The summed E-state index contributed by atoms with van der Waals surface area (Å²) in [6, 6.07) is 0. The normalized spacial score (nSPS) is 29.1. The first-order valence-electron chi connectivity index (χ1n) is 6.10. The van der Waals surface area contributed by atoms with Crippen LogP contribution in [0.2, 0.25) is 0 Å². The van der Waals surface area contributed by atoms with E-state index < -0.39 is 0 Å². The summed E-state index contributed by atoms with van der Waals surface area (Å²) in [5.74, 6) is 0. The van der Waals surface area contributed by atoms with Gasteiger partial charge in [0.2, 0.25) is 0 Å². The van der Waals surface area contributed by atoms with Crippen molar-refractivity contribution in [1.82, 2.24) is 0 Å². The molecule has 2 fully saturated rings. The van der Waals surface area contributed by atoms with Crippen molar-refractivity contribution in [3.63, 3.8) is 0 Å². The van der Waals surface area contributed by atoms with E-state index in [0.717, 1.165) is 45.7 Å². The van der Waals surface area contributed by atoms with E-state index >= 15 is 0 Å². The Morgan fingerprint density at radius 1 is 1.12 bits per heavy atom. The van der Waals surface area contributed by atoms with Crippen LogP contribution < -0.4 is 0 Å². The number of unbranched alkanes of at least 4 members (excludes halogenated alkanes) is 1. The van der Waals surface area contributed by atoms with Crippen molar-refractivity contribution in [3.05, 3.63) is 6.92 Å². The lowest BCUT2D eigenvalue weighted by molar-refractivity contribution is 0.0600. The van der Waals surface area contributed by atoms with Gasteiger partial charge in [-0.05, 0) is 26.2 Å². The van der Waals surface area contributed by atoms with Crippen molar-refractivity contribution in [2.45, 2.75) is 37.6 Å². The summed E-state index contributed by atoms with van der Waals surface area (Å²) in [5, 5.41) is 0. The Kier molecular flexibility index (Phi) is 5.03. The van der Waals surface area contributed by atoms with Crippen molar-refractivity contribution in [2.75, 3.05) is 33.0 Å². The monoisotopic (exact) mass is 229 g/mol. The number of rotatable bonds is 10. The predicted molar refractivity (Wildman–Crippen MR) is 59.2 cm³/mol. The molecule has 2 saturated heterocycles. The van der Waals surface area contributed by atoms with E-state index in [4.69, 9.17) is 18.9 Å². The Labute approximate surface area is 97.2 Å². The molecule has 2 aliphatic heterocycles. The molecule has 0 aliphatic carbocycles. The number of hydrogen-bond acceptors (Lipinski definition) is 4. The van der Waals surface area contributed by atoms with E-state index in [1.807, 2.05) is 0 Å². The highest BCUT2D eigenvalue weighted by molar-refractivity contribution is 4.70. The molecule has 3 atom stereocenters. The highest BCUT2D eigenvalue weighted by Gasteiger charge is 2.23. The van der Waals surface area contributed by atoms with Crippen molar-refractivity contribution >= 4 is 0 Å². The molecule has 2 rings (SSSR count). The maximum atomic E-state index is 5.52. The zero-order valence-electron chi connectivity index (χ0n) is 9.73. The number of hydrogen-bond donors (Lipinski definition) is 0. The second-order valence-corrected chi connectivity index (χ2v) is 4.44. The molecule has 16 heavy (non-hydrogen) atoms. The first-order valence-corrected chi connectivity index (χ1v) is 6.10. The van der Waals surface area contributed by atoms with Crippen molar-refractivity contribution in [1.29, 1.82) is 0 Å². The van der Waals surface area contributed by atoms with Gasteiger partial charge >= 0.3 is 0 Å². The van der Waals surface area contributed by atoms with Gasteiger partial charge in [0.1, 0.15) is 12.2 Å². The molecule has 2 aliphatic rings. The molecule has 0 aromatic heterocycles. The average molecular weight is 229 g/mol. The van der Waals surface area contributed by atoms with E-state index in [1.165, 1.54) is 0 Å². The third kappa shape index (κ3) is 5.80. The van der Waals surface area contributed by atoms with Crippen LogP contribution in [0.15, 0.2) is 0 Å². The van der Waals surface area contributed by atoms with Crippen molar-refractivity contribution < 1.29 is 18.9 Å². The third-order valence-corrected chi connectivity index (χ3v) is 2.69. The molecule has 4 nitrogen and oxygen atoms in total. The van der Waals surface area contributed by atoms with Crippen LogP contribution in [-0.2, 0) is 18.9 Å². The summed E-state index contributed by atoms with van der Waals surface area (Å²) in [6.07, 6.45) is 3.98. The molecule has 2 heterocycles. The van der Waals surface area contributed by atoms with Crippen LogP contribution in [-0.4, -0.2) is 51.3 Å². The first-order chi connectivity index (χ1) is 7.84. The van der Waals surface area contributed by atoms with Gasteiger partial charge in [0, 0.05) is 6.61 Å². The lowest BCUT2D eigenvalue weighted by atomic mass is 10.2. The smallest absolute Gasteiger partial charge is 0.104 e. The molecule has 4 heteroatoms. The molecule has 1 radical (unpaired) electrons. The summed E-state index contributed by atoms with van der Waals surface area (Å²) in [4.78, 5) is 0. The largest absolute Gasteiger partial charge is 0.379 e. The minimum atomic E-state index is 0.0935. The fraction of sp³-hybridized carbons (Fsp3) is 0.917. The van der Waals surface area contributed by atoms with Gasteiger partial charge in [-0.2, -0.15) is 0 Å². The predicted octanol–water partition coefficient (Wildman–Crippen LogP) is 1.19. The topological polar surface area (TPSA) is 43.5 Å². The van der Waals surface area contributed by atoms with Crippen LogP contribution in [0.1, 0.15) is 19.3 Å². The molecular weight excluding hydrogens is 208 g/mol. The van der Waals surface area contributed by atoms with Crippen LogP contribution >= 0.6 is 0 Å². The highest BCUT2D eigenvalue weighted by Crippen LogP contribution is 2.12. The zero-order chi connectivity index (χ0) is 11.2. The standard InChI is InChI=1S/C12H21O4/c1-10(14-7-12-9-16-12)4-2-3-5-13-6-11-8-15-11/h10-12H,1-9H2. The van der Waals surface area contributed by atoms with Crippen molar-refractivity contribution in [3.8, 4) is 0 Å². The fourth-order valence-electron chi connectivity index (χ4n) is 1.45. The van der Waals surface area contributed by atoms with Gasteiger partial charge in [-0.15, -0.1) is 0 Å². The van der Waals surface area contributed by atoms with Gasteiger partial charge in [-0.25, -0.2) is 0 Å². The van der Waals surface area contributed by atoms with Crippen LogP contribution in [0.5, 0.6) is 0 Å². The van der Waals surface area contributed by atoms with E-state index in [9.17, 15) is 0 Å². The summed E-state index contributed by atoms with van der Waals surface area (Å²) < 4.78 is 21.1. The lowest BCUT2D eigenvalue weighted by Crippen LogP contribution is -2.13. The molecule has 3 unspecified atom stereocenters. The molecule has 0 aromatic carbocycles. The van der Waals surface area contributed by atoms with Crippen LogP contribution in [0.25, 0.3) is 0 Å². The van der Waals surface area contributed by atoms with E-state index in [-0.39, 0.29) is 6.10 Å². The first kappa shape index (κ1) is 12.3. The second-order valence-electron chi connectivity index (χ2n) is 4.44. The fourth-order valence-corrected chi connectivity index (χ4v) is 1.45. The highest BCUT2D eigenvalue weighted by atomic mass is 16.6. The number of ether oxygens (including phenoxy) is 4. The summed E-state index contributed by atoms with van der Waals surface area (Å²) in [5.41, 5.74) is 0. The van der Waals surface area contributed by atoms with E-state index in [2.05, 4.69) is 6.92 Å². The maximum Gasteiger partial charge on any atom is 0.104 e. The zero-order valence-corrected chi connectivity index (χ0v) is 9.73. The summed E-state index contributed by atoms with van der Waals surface area (Å²) >= 11 is 0. The van der Waals surface area contributed by atoms with Gasteiger partial charge in [-0.1, -0.05) is 0 Å². The van der Waals surface area contributed by atoms with Crippen molar-refractivity contribution in [2.24, 2.45) is 0 Å². The number of epoxide rings is 2. The SMILES string of the molecule is [CH2]C(CCCCOCC1CO1)OCC1CO1. The Morgan fingerprint density at radius 2 is 1.81 bits per heavy atom. The molecule has 0 aromatic rings. The molecule has 0 saturated carbocycles. The van der Waals surface area contributed by atoms with Gasteiger partial charge in [-0.3, -0.25) is 0 Å². The lowest BCUT2D eigenvalue weighted by Gasteiger charge is -2.11. The third-order valence-electron chi connectivity index (χ3n) is 2.69. The van der Waals surface area contributed by atoms with Gasteiger partial charge in [0.15, 0.2) is 0 Å². The Morgan fingerprint density at radius 3 is 2.50 bits per heavy atom. The summed E-state index contributed by atoms with van der Waals surface area (Å²) in [7, 11) is 0. The van der Waals surface area contributed by atoms with E-state index in [1.54, 1.807) is 0 Å². The van der Waals surface area contributed by atoms with Gasteiger partial charge in [0.25, 0.3) is 0 Å². The minimum absolute atomic E-state index is 0.0935. The molecular formula is C12H21O4. The second kappa shape index (κ2) is 6.55. The molecule has 0 spiro atoms. The Balaban J connectivity index is 1.32. The molecule has 0 amide bonds. The summed E-state index contributed by atoms with van der Waals surface area (Å²) in [6.45, 7) is 7.95. The van der Waals surface area contributed by atoms with Gasteiger partial charge < -0.3 is 18.9 Å². The maximum absolute atomic E-state index is 5.52. The molecule has 0 N–H and O–H groups in total. The van der Waals surface area contributed by atoms with E-state index in [0.29, 0.717) is 18.8 Å². The quantitative estimate of drug-likeness (QED) is 0.417. The molecule has 93 valence electrons.